The van der Waals surface area contributed by atoms with E-state index in [0.29, 0.717) is 11.9 Å². The maximum atomic E-state index is 12.5. The number of piperazine rings is 1. The second-order valence-corrected chi connectivity index (χ2v) is 6.87. The van der Waals surface area contributed by atoms with Crippen molar-refractivity contribution in [3.8, 4) is 11.1 Å². The van der Waals surface area contributed by atoms with Gasteiger partial charge in [0.15, 0.2) is 0 Å². The van der Waals surface area contributed by atoms with E-state index < -0.39 is 0 Å². The molecule has 3 heterocycles. The van der Waals surface area contributed by atoms with Crippen molar-refractivity contribution in [2.24, 2.45) is 0 Å². The molecule has 2 fully saturated rings. The molecule has 0 aliphatic carbocycles. The van der Waals surface area contributed by atoms with E-state index in [1.165, 1.54) is 11.1 Å². The van der Waals surface area contributed by atoms with Crippen molar-refractivity contribution in [3.05, 3.63) is 54.4 Å². The van der Waals surface area contributed by atoms with Crippen molar-refractivity contribution in [2.75, 3.05) is 13.1 Å². The average Bonchev–Trinajstić information content (AvgIpc) is 3.09. The molecule has 2 aliphatic rings. The molecule has 0 bridgehead atoms. The van der Waals surface area contributed by atoms with E-state index in [0.717, 1.165) is 38.0 Å². The van der Waals surface area contributed by atoms with Crippen LogP contribution in [0.3, 0.4) is 0 Å². The maximum absolute atomic E-state index is 12.5. The van der Waals surface area contributed by atoms with Gasteiger partial charge in [-0.25, -0.2) is 0 Å². The van der Waals surface area contributed by atoms with Gasteiger partial charge in [-0.2, -0.15) is 0 Å². The number of fused-ring (bicyclic) bond motifs is 1. The number of rotatable bonds is 3. The molecule has 2 aliphatic heterocycles. The molecule has 1 amide bonds. The number of hydrogen-bond acceptors (Lipinski definition) is 3. The molecule has 4 heteroatoms. The molecule has 2 saturated heterocycles. The Morgan fingerprint density at radius 2 is 2.00 bits per heavy atom. The summed E-state index contributed by atoms with van der Waals surface area (Å²) in [6, 6.07) is 13.1. The highest BCUT2D eigenvalue weighted by atomic mass is 16.2. The SMILES string of the molecule is C[C@@H]1C(=O)N2CCC[C@H]2CN1Cc1ccc(-c2cccnc2)cc1. The summed E-state index contributed by atoms with van der Waals surface area (Å²) >= 11 is 0. The lowest BCUT2D eigenvalue weighted by molar-refractivity contribution is -0.143. The molecular weight excluding hydrogens is 298 g/mol. The lowest BCUT2D eigenvalue weighted by Gasteiger charge is -2.41. The molecule has 0 unspecified atom stereocenters. The van der Waals surface area contributed by atoms with E-state index in [-0.39, 0.29) is 6.04 Å². The van der Waals surface area contributed by atoms with Gasteiger partial charge in [-0.05, 0) is 42.5 Å². The summed E-state index contributed by atoms with van der Waals surface area (Å²) in [5.74, 6) is 0.302. The van der Waals surface area contributed by atoms with E-state index in [1.54, 1.807) is 6.20 Å². The predicted octanol–water partition coefficient (Wildman–Crippen LogP) is 2.94. The number of amides is 1. The quantitative estimate of drug-likeness (QED) is 0.872. The van der Waals surface area contributed by atoms with Crippen LogP contribution in [0.4, 0.5) is 0 Å². The molecule has 0 spiro atoms. The summed E-state index contributed by atoms with van der Waals surface area (Å²) in [4.78, 5) is 21.1. The minimum absolute atomic E-state index is 0.0163. The second kappa shape index (κ2) is 6.36. The number of hydrogen-bond donors (Lipinski definition) is 0. The molecular formula is C20H23N3O. The van der Waals surface area contributed by atoms with Crippen LogP contribution in [0.1, 0.15) is 25.3 Å². The number of pyridine rings is 1. The van der Waals surface area contributed by atoms with Crippen LogP contribution in [0.5, 0.6) is 0 Å². The predicted molar refractivity (Wildman–Crippen MR) is 94.3 cm³/mol. The van der Waals surface area contributed by atoms with Gasteiger partial charge in [-0.1, -0.05) is 30.3 Å². The van der Waals surface area contributed by atoms with Crippen molar-refractivity contribution in [2.45, 2.75) is 38.4 Å². The molecule has 24 heavy (non-hydrogen) atoms. The lowest BCUT2D eigenvalue weighted by atomic mass is 10.0. The fraction of sp³-hybridized carbons (Fsp3) is 0.400. The zero-order chi connectivity index (χ0) is 16.5. The van der Waals surface area contributed by atoms with Gasteiger partial charge >= 0.3 is 0 Å². The number of carbonyl (C=O) groups is 1. The Kier molecular flexibility index (Phi) is 4.07. The van der Waals surface area contributed by atoms with Crippen LogP contribution in [-0.2, 0) is 11.3 Å². The third-order valence-corrected chi connectivity index (χ3v) is 5.35. The molecule has 0 saturated carbocycles. The van der Waals surface area contributed by atoms with Crippen molar-refractivity contribution in [1.29, 1.82) is 0 Å². The molecule has 4 nitrogen and oxygen atoms in total. The highest BCUT2D eigenvalue weighted by Gasteiger charge is 2.39. The van der Waals surface area contributed by atoms with Gasteiger partial charge < -0.3 is 4.90 Å². The minimum atomic E-state index is -0.0163. The van der Waals surface area contributed by atoms with Crippen LogP contribution in [0, 0.1) is 0 Å². The van der Waals surface area contributed by atoms with Crippen LogP contribution in [-0.4, -0.2) is 45.9 Å². The topological polar surface area (TPSA) is 36.4 Å². The molecule has 0 N–H and O–H groups in total. The molecule has 2 atom stereocenters. The standard InChI is InChI=1S/C20H23N3O/c1-15-20(24)23-11-3-5-19(23)14-22(15)13-16-6-8-17(9-7-16)18-4-2-10-21-12-18/h2,4,6-10,12,15,19H,3,5,11,13-14H2,1H3/t15-,19+/m1/s1. The number of carbonyl (C=O) groups excluding carboxylic acids is 1. The Bertz CT molecular complexity index is 713. The highest BCUT2D eigenvalue weighted by molar-refractivity contribution is 5.83. The molecule has 124 valence electrons. The Balaban J connectivity index is 1.48. The van der Waals surface area contributed by atoms with Crippen molar-refractivity contribution >= 4 is 5.91 Å². The van der Waals surface area contributed by atoms with Crippen LogP contribution in [0.15, 0.2) is 48.8 Å². The average molecular weight is 321 g/mol. The van der Waals surface area contributed by atoms with E-state index in [1.807, 2.05) is 19.2 Å². The summed E-state index contributed by atoms with van der Waals surface area (Å²) < 4.78 is 0. The van der Waals surface area contributed by atoms with Crippen molar-refractivity contribution in [1.82, 2.24) is 14.8 Å². The second-order valence-electron chi connectivity index (χ2n) is 6.87. The van der Waals surface area contributed by atoms with Crippen molar-refractivity contribution < 1.29 is 4.79 Å². The smallest absolute Gasteiger partial charge is 0.239 e. The van der Waals surface area contributed by atoms with Crippen LogP contribution in [0.2, 0.25) is 0 Å². The Hall–Kier alpha value is -2.20. The monoisotopic (exact) mass is 321 g/mol. The molecule has 0 radical (unpaired) electrons. The maximum Gasteiger partial charge on any atom is 0.239 e. The summed E-state index contributed by atoms with van der Waals surface area (Å²) in [5, 5.41) is 0. The Labute approximate surface area is 143 Å². The van der Waals surface area contributed by atoms with Gasteiger partial charge in [0.05, 0.1) is 6.04 Å². The highest BCUT2D eigenvalue weighted by Crippen LogP contribution is 2.27. The van der Waals surface area contributed by atoms with Gasteiger partial charge in [0.1, 0.15) is 0 Å². The first-order valence-corrected chi connectivity index (χ1v) is 8.76. The van der Waals surface area contributed by atoms with Crippen LogP contribution in [0.25, 0.3) is 11.1 Å². The third-order valence-electron chi connectivity index (χ3n) is 5.35. The molecule has 1 aromatic carbocycles. The lowest BCUT2D eigenvalue weighted by Crippen LogP contribution is -2.58. The van der Waals surface area contributed by atoms with Gasteiger partial charge in [0.25, 0.3) is 0 Å². The Morgan fingerprint density at radius 1 is 1.17 bits per heavy atom. The van der Waals surface area contributed by atoms with E-state index >= 15 is 0 Å². The third kappa shape index (κ3) is 2.82. The van der Waals surface area contributed by atoms with Gasteiger partial charge in [-0.15, -0.1) is 0 Å². The van der Waals surface area contributed by atoms with E-state index in [4.69, 9.17) is 0 Å². The fourth-order valence-electron chi connectivity index (χ4n) is 3.91. The first-order chi connectivity index (χ1) is 11.7. The van der Waals surface area contributed by atoms with Gasteiger partial charge in [0, 0.05) is 38.1 Å². The van der Waals surface area contributed by atoms with Gasteiger partial charge in [0.2, 0.25) is 5.91 Å². The zero-order valence-electron chi connectivity index (χ0n) is 14.1. The summed E-state index contributed by atoms with van der Waals surface area (Å²) in [7, 11) is 0. The van der Waals surface area contributed by atoms with E-state index in [9.17, 15) is 4.79 Å². The molecule has 4 rings (SSSR count). The Morgan fingerprint density at radius 3 is 2.75 bits per heavy atom. The normalized spacial score (nSPS) is 24.2. The summed E-state index contributed by atoms with van der Waals surface area (Å²) in [6.07, 6.45) is 5.97. The van der Waals surface area contributed by atoms with Crippen LogP contribution < -0.4 is 0 Å². The zero-order valence-corrected chi connectivity index (χ0v) is 14.1. The first kappa shape index (κ1) is 15.3. The fourth-order valence-corrected chi connectivity index (χ4v) is 3.91. The number of benzene rings is 1. The van der Waals surface area contributed by atoms with Crippen LogP contribution >= 0.6 is 0 Å². The van der Waals surface area contributed by atoms with Crippen molar-refractivity contribution in [3.63, 3.8) is 0 Å². The van der Waals surface area contributed by atoms with Gasteiger partial charge in [-0.3, -0.25) is 14.7 Å². The molecule has 1 aromatic heterocycles. The number of nitrogens with zero attached hydrogens (tertiary/aromatic N) is 3. The first-order valence-electron chi connectivity index (χ1n) is 8.76. The largest absolute Gasteiger partial charge is 0.337 e. The number of aromatic nitrogens is 1. The summed E-state index contributed by atoms with van der Waals surface area (Å²) in [6.45, 7) is 4.82. The molecule has 2 aromatic rings. The van der Waals surface area contributed by atoms with E-state index in [2.05, 4.69) is 45.1 Å². The minimum Gasteiger partial charge on any atom is -0.337 e. The summed E-state index contributed by atoms with van der Waals surface area (Å²) in [5.41, 5.74) is 3.57.